The van der Waals surface area contributed by atoms with E-state index in [1.54, 1.807) is 35.3 Å². The Labute approximate surface area is 173 Å². The molecule has 150 valence electrons. The van der Waals surface area contributed by atoms with Crippen LogP contribution in [0.4, 0.5) is 4.79 Å². The van der Waals surface area contributed by atoms with Gasteiger partial charge in [0.25, 0.3) is 0 Å². The van der Waals surface area contributed by atoms with E-state index >= 15 is 0 Å². The van der Waals surface area contributed by atoms with E-state index in [0.29, 0.717) is 11.3 Å². The second-order valence-electron chi connectivity index (χ2n) is 7.99. The van der Waals surface area contributed by atoms with Gasteiger partial charge in [-0.2, -0.15) is 0 Å². The summed E-state index contributed by atoms with van der Waals surface area (Å²) < 4.78 is 5.65. The molecule has 0 bridgehead atoms. The van der Waals surface area contributed by atoms with Crippen LogP contribution in [0.15, 0.2) is 55.0 Å². The molecule has 1 N–H and O–H groups in total. The van der Waals surface area contributed by atoms with Gasteiger partial charge in [-0.15, -0.1) is 11.8 Å². The number of carbonyl (C=O) groups excluding carboxylic acids is 2. The Bertz CT molecular complexity index is 1040. The maximum atomic E-state index is 13.5. The maximum absolute atomic E-state index is 13.5. The first-order valence-electron chi connectivity index (χ1n) is 9.48. The molecule has 0 spiro atoms. The lowest BCUT2D eigenvalue weighted by atomic mass is 10.0. The van der Waals surface area contributed by atoms with Crippen LogP contribution in [-0.2, 0) is 4.74 Å². The lowest BCUT2D eigenvalue weighted by Gasteiger charge is -2.31. The fraction of sp³-hybridized carbons (Fsp3) is 0.318. The number of nitrogens with one attached hydrogen (secondary N) is 1. The molecule has 1 aliphatic heterocycles. The Morgan fingerprint density at radius 3 is 2.72 bits per heavy atom. The van der Waals surface area contributed by atoms with E-state index in [0.717, 1.165) is 16.5 Å². The number of rotatable bonds is 3. The van der Waals surface area contributed by atoms with Crippen molar-refractivity contribution in [1.29, 1.82) is 0 Å². The summed E-state index contributed by atoms with van der Waals surface area (Å²) in [5, 5.41) is 0.536. The van der Waals surface area contributed by atoms with E-state index < -0.39 is 17.7 Å². The van der Waals surface area contributed by atoms with Gasteiger partial charge < -0.3 is 9.72 Å². The molecule has 2 aromatic heterocycles. The van der Waals surface area contributed by atoms with Crippen LogP contribution < -0.4 is 0 Å². The minimum absolute atomic E-state index is 0.0906. The number of carbonyl (C=O) groups is 2. The molecule has 29 heavy (non-hydrogen) atoms. The second kappa shape index (κ2) is 7.55. The molecule has 3 heterocycles. The van der Waals surface area contributed by atoms with Gasteiger partial charge in [0.15, 0.2) is 5.78 Å². The maximum Gasteiger partial charge on any atom is 0.412 e. The van der Waals surface area contributed by atoms with Crippen LogP contribution in [0.5, 0.6) is 0 Å². The number of benzene rings is 1. The number of amides is 1. The van der Waals surface area contributed by atoms with Crippen LogP contribution in [0.3, 0.4) is 0 Å². The molecule has 0 radical (unpaired) electrons. The SMILES string of the molecule is CC(C)(C)OC(=O)N1[C@@H](c2cccnc2)SC[C@H]1C(=O)c1c[nH]c2ccccc12. The Kier molecular flexibility index (Phi) is 5.08. The first-order valence-corrected chi connectivity index (χ1v) is 10.5. The van der Waals surface area contributed by atoms with Crippen LogP contribution in [-0.4, -0.2) is 44.1 Å². The number of Topliss-reactive ketones (excluding diaryl/α,β-unsaturated/α-hetero) is 1. The molecule has 4 rings (SSSR count). The molecule has 1 fully saturated rings. The van der Waals surface area contributed by atoms with E-state index in [1.807, 2.05) is 57.2 Å². The predicted octanol–water partition coefficient (Wildman–Crippen LogP) is 4.80. The van der Waals surface area contributed by atoms with Gasteiger partial charge in [-0.3, -0.25) is 14.7 Å². The average Bonchev–Trinajstić information content (AvgIpc) is 3.31. The molecular formula is C22H23N3O3S. The number of pyridine rings is 1. The summed E-state index contributed by atoms with van der Waals surface area (Å²) in [6.45, 7) is 5.47. The highest BCUT2D eigenvalue weighted by atomic mass is 32.2. The first-order chi connectivity index (χ1) is 13.8. The van der Waals surface area contributed by atoms with E-state index in [2.05, 4.69) is 9.97 Å². The van der Waals surface area contributed by atoms with Crippen molar-refractivity contribution in [2.75, 3.05) is 5.75 Å². The van der Waals surface area contributed by atoms with E-state index in [9.17, 15) is 9.59 Å². The van der Waals surface area contributed by atoms with Crippen molar-refractivity contribution in [2.45, 2.75) is 37.8 Å². The number of hydrogen-bond acceptors (Lipinski definition) is 5. The van der Waals surface area contributed by atoms with Crippen molar-refractivity contribution in [3.05, 3.63) is 66.1 Å². The van der Waals surface area contributed by atoms with Crippen molar-refractivity contribution in [2.24, 2.45) is 0 Å². The van der Waals surface area contributed by atoms with Crippen molar-refractivity contribution in [3.63, 3.8) is 0 Å². The molecular weight excluding hydrogens is 386 g/mol. The molecule has 1 saturated heterocycles. The highest BCUT2D eigenvalue weighted by Gasteiger charge is 2.44. The van der Waals surface area contributed by atoms with Crippen molar-refractivity contribution >= 4 is 34.5 Å². The highest BCUT2D eigenvalue weighted by Crippen LogP contribution is 2.43. The van der Waals surface area contributed by atoms with Crippen LogP contribution in [0.25, 0.3) is 10.9 Å². The third-order valence-corrected chi connectivity index (χ3v) is 6.05. The number of para-hydroxylation sites is 1. The van der Waals surface area contributed by atoms with E-state index in [-0.39, 0.29) is 11.2 Å². The van der Waals surface area contributed by atoms with E-state index in [4.69, 9.17) is 4.74 Å². The van der Waals surface area contributed by atoms with Crippen LogP contribution in [0.2, 0.25) is 0 Å². The molecule has 0 unspecified atom stereocenters. The lowest BCUT2D eigenvalue weighted by molar-refractivity contribution is 0.0173. The van der Waals surface area contributed by atoms with Gasteiger partial charge in [0, 0.05) is 46.4 Å². The van der Waals surface area contributed by atoms with Gasteiger partial charge >= 0.3 is 6.09 Å². The number of thioether (sulfide) groups is 1. The number of nitrogens with zero attached hydrogens (tertiary/aromatic N) is 2. The molecule has 1 aromatic carbocycles. The molecule has 1 aliphatic rings. The highest BCUT2D eigenvalue weighted by molar-refractivity contribution is 7.99. The molecule has 7 heteroatoms. The zero-order valence-corrected chi connectivity index (χ0v) is 17.4. The Morgan fingerprint density at radius 1 is 1.21 bits per heavy atom. The summed E-state index contributed by atoms with van der Waals surface area (Å²) in [6, 6.07) is 10.8. The molecule has 0 aliphatic carbocycles. The monoisotopic (exact) mass is 409 g/mol. The number of H-pyrrole nitrogens is 1. The predicted molar refractivity (Wildman–Crippen MR) is 114 cm³/mol. The topological polar surface area (TPSA) is 75.3 Å². The zero-order valence-electron chi connectivity index (χ0n) is 16.6. The minimum atomic E-state index is -0.655. The quantitative estimate of drug-likeness (QED) is 0.629. The number of aromatic amines is 1. The van der Waals surface area contributed by atoms with E-state index in [1.165, 1.54) is 0 Å². The number of aromatic nitrogens is 2. The number of hydrogen-bond donors (Lipinski definition) is 1. The Morgan fingerprint density at radius 2 is 2.00 bits per heavy atom. The number of fused-ring (bicyclic) bond motifs is 1. The van der Waals surface area contributed by atoms with Gasteiger partial charge in [0.2, 0.25) is 0 Å². The van der Waals surface area contributed by atoms with Gasteiger partial charge in [-0.05, 0) is 32.9 Å². The van der Waals surface area contributed by atoms with Crippen LogP contribution in [0, 0.1) is 0 Å². The van der Waals surface area contributed by atoms with Gasteiger partial charge in [-0.1, -0.05) is 24.3 Å². The van der Waals surface area contributed by atoms with Gasteiger partial charge in [0.1, 0.15) is 17.0 Å². The normalized spacial score (nSPS) is 19.5. The van der Waals surface area contributed by atoms with Crippen LogP contribution >= 0.6 is 11.8 Å². The van der Waals surface area contributed by atoms with Gasteiger partial charge in [-0.25, -0.2) is 4.79 Å². The second-order valence-corrected chi connectivity index (χ2v) is 9.10. The summed E-state index contributed by atoms with van der Waals surface area (Å²) in [6.07, 6.45) is 4.65. The summed E-state index contributed by atoms with van der Waals surface area (Å²) in [5.41, 5.74) is 1.70. The molecule has 2 atom stereocenters. The molecule has 3 aromatic rings. The summed E-state index contributed by atoms with van der Waals surface area (Å²) in [4.78, 5) is 35.5. The van der Waals surface area contributed by atoms with Crippen molar-refractivity contribution in [3.8, 4) is 0 Å². The molecule has 6 nitrogen and oxygen atoms in total. The summed E-state index contributed by atoms with van der Waals surface area (Å²) >= 11 is 1.55. The Balaban J connectivity index is 1.71. The lowest BCUT2D eigenvalue weighted by Crippen LogP contribution is -2.45. The van der Waals surface area contributed by atoms with Crippen molar-refractivity contribution < 1.29 is 14.3 Å². The third-order valence-electron chi connectivity index (χ3n) is 4.73. The largest absolute Gasteiger partial charge is 0.444 e. The smallest absolute Gasteiger partial charge is 0.412 e. The number of ether oxygens (including phenoxy) is 1. The zero-order chi connectivity index (χ0) is 20.6. The Hall–Kier alpha value is -2.80. The van der Waals surface area contributed by atoms with Gasteiger partial charge in [0.05, 0.1) is 0 Å². The molecule has 0 saturated carbocycles. The number of ketones is 1. The van der Waals surface area contributed by atoms with Crippen LogP contribution in [0.1, 0.15) is 42.1 Å². The average molecular weight is 410 g/mol. The summed E-state index contributed by atoms with van der Waals surface area (Å²) in [5.74, 6) is 0.407. The fourth-order valence-electron chi connectivity index (χ4n) is 3.48. The fourth-order valence-corrected chi connectivity index (χ4v) is 4.88. The summed E-state index contributed by atoms with van der Waals surface area (Å²) in [7, 11) is 0. The van der Waals surface area contributed by atoms with Crippen molar-refractivity contribution in [1.82, 2.24) is 14.9 Å². The molecule has 1 amide bonds. The first kappa shape index (κ1) is 19.5. The third kappa shape index (κ3) is 3.87. The standard InChI is InChI=1S/C22H23N3O3S/c1-22(2,3)28-21(27)25-18(13-29-20(25)14-7-6-10-23-11-14)19(26)16-12-24-17-9-5-4-8-15(16)17/h4-12,18,20,24H,13H2,1-3H3/t18-,20+/m0/s1. The minimum Gasteiger partial charge on any atom is -0.444 e.